The van der Waals surface area contributed by atoms with Gasteiger partial charge in [-0.25, -0.2) is 14.8 Å². The Hall–Kier alpha value is -14.3. The Balaban J connectivity index is 1.12. The second kappa shape index (κ2) is 43.6. The first-order valence-electron chi connectivity index (χ1n) is 37.2. The van der Waals surface area contributed by atoms with Crippen LogP contribution in [-0.4, -0.2) is 254 Å². The monoisotopic (exact) mass is 1680 g/mol. The zero-order valence-electron chi connectivity index (χ0n) is 66.1. The molecule has 0 unspecified atom stereocenters. The zero-order chi connectivity index (χ0) is 89.3. The topological polar surface area (TPSA) is 711 Å². The number of nitrogens with zero attached hydrogens (tertiary/aromatic N) is 2. The molecule has 45 heteroatoms. The van der Waals surface area contributed by atoms with Gasteiger partial charge in [-0.2, -0.15) is 0 Å². The lowest BCUT2D eigenvalue weighted by Crippen LogP contribution is -2.61. The highest BCUT2D eigenvalue weighted by molar-refractivity contribution is 6.10. The minimum Gasteiger partial charge on any atom is -0.508 e. The summed E-state index contributed by atoms with van der Waals surface area (Å²) >= 11 is 0. The average Bonchev–Trinajstić information content (AvgIpc) is 0.868. The van der Waals surface area contributed by atoms with Gasteiger partial charge in [0, 0.05) is 72.9 Å². The number of carbonyl (C=O) groups is 18. The lowest BCUT2D eigenvalue weighted by Gasteiger charge is -2.27. The number of fused-ring (bicyclic) bond motifs is 2. The van der Waals surface area contributed by atoms with Crippen LogP contribution in [0.4, 0.5) is 0 Å². The number of aromatic hydroxyl groups is 1. The number of hydrogen-bond acceptors (Lipinski definition) is 25. The van der Waals surface area contributed by atoms with Crippen molar-refractivity contribution in [2.24, 2.45) is 5.73 Å². The van der Waals surface area contributed by atoms with E-state index in [2.05, 4.69) is 94.4 Å². The standard InChI is InChI=1S/C75H95N19O26/c1-31(83-65(108)34(4)87-70(113)53(26-57(102)103)91-72(115)52(22-42-28-78-30-81-42)92-73(116)59(37(7)95)88-39(9)97)62(105)84-35(5)66(109)89-49(12-10-11-19-79-68(111)40-13-16-45(75(118)119)48(20-40)58-46-17-14-43(98)23-54(46)120-55-24-44(99)15-18-47(55)58)69(112)86-33(3)64(107)82-32(2)63(106)85-36(6)67(110)94-60(38(8)96)74(117)93-51(21-41-27-77-29-80-41)71(114)90-50(61(76)104)25-56(100)101/h13-18,20,23-24,27-38,49-53,59-60,95-96,98H,10-12,19,21-22,25-26H2,1-9H3,(H2,76,104)(H,77,80)(H,78,81)(H,79,111)(H,82,107)(H,83,108)(H,84,105)(H,85,106)(H,86,112)(H,87,113)(H,88,97)(H,89,109)(H,90,114)(H,91,115)(H,92,116)(H,93,117)(H,94,110)(H,100,101)(H,102,103)(H,118,119)/t31-,32-,33-,34-,35-,36-,37+,38+,49-,50-,51-,52-,53-,59-,60-/m1/s1. The molecule has 4 aromatic rings. The molecule has 6 rings (SSSR count). The third-order valence-corrected chi connectivity index (χ3v) is 18.2. The third kappa shape index (κ3) is 27.7. The van der Waals surface area contributed by atoms with Crippen LogP contribution in [-0.2, 0) is 89.6 Å². The number of aromatic amines is 2. The van der Waals surface area contributed by atoms with E-state index in [-0.39, 0.29) is 89.4 Å². The molecule has 2 aromatic heterocycles. The molecule has 24 N–H and O–H groups in total. The Kier molecular flexibility index (Phi) is 34.4. The molecule has 646 valence electrons. The number of nitrogens with two attached hydrogens (primary N) is 1. The van der Waals surface area contributed by atoms with Gasteiger partial charge in [0.05, 0.1) is 54.7 Å². The highest BCUT2D eigenvalue weighted by atomic mass is 16.4. The number of carboxylic acids is 3. The number of phenolic OH excluding ortho intramolecular Hbond substituents is 1. The first kappa shape index (κ1) is 94.6. The average molecular weight is 1680 g/mol. The Morgan fingerprint density at radius 2 is 0.883 bits per heavy atom. The molecule has 0 radical (unpaired) electrons. The molecule has 120 heavy (non-hydrogen) atoms. The Labute approximate surface area is 681 Å². The molecule has 3 heterocycles. The Morgan fingerprint density at radius 3 is 1.33 bits per heavy atom. The minimum atomic E-state index is -1.92. The van der Waals surface area contributed by atoms with Crippen molar-refractivity contribution in [3.63, 3.8) is 0 Å². The van der Waals surface area contributed by atoms with Crippen LogP contribution in [0.15, 0.2) is 88.9 Å². The second-order valence-corrected chi connectivity index (χ2v) is 28.1. The Morgan fingerprint density at radius 1 is 0.458 bits per heavy atom. The van der Waals surface area contributed by atoms with Crippen molar-refractivity contribution in [3.05, 3.63) is 112 Å². The van der Waals surface area contributed by atoms with Crippen molar-refractivity contribution in [2.75, 3.05) is 6.54 Å². The SMILES string of the molecule is CC(=O)N[C@@H](C(=O)N[C@H](Cc1c[nH]cn1)C(=O)N[C@H](CC(=O)O)C(=O)N[C@H](C)C(=O)N[C@H](C)C(=O)N[C@H](C)C(=O)N[C@H](CCCCNC(=O)c1ccc(C(=O)O)c(-c2c3ccc(=O)cc-3oc3cc(O)ccc23)c1)C(=O)N[C@H](C)C(=O)N[C@H](C)C(=O)N[C@H](C)C(=O)N[C@@H](C(=O)N[C@H](Cc1c[nH]cn1)C(=O)N[C@H](CC(=O)O)C(N)=O)[C@H](C)O)[C@H](C)O. The van der Waals surface area contributed by atoms with E-state index >= 15 is 0 Å². The molecular weight excluding hydrogens is 1580 g/mol. The van der Waals surface area contributed by atoms with Gasteiger partial charge in [-0.3, -0.25) is 86.3 Å². The van der Waals surface area contributed by atoms with Crippen LogP contribution >= 0.6 is 0 Å². The summed E-state index contributed by atoms with van der Waals surface area (Å²) in [6, 6.07) is -9.38. The highest BCUT2D eigenvalue weighted by Gasteiger charge is 2.38. The summed E-state index contributed by atoms with van der Waals surface area (Å²) in [6.07, 6.45) is -0.870. The van der Waals surface area contributed by atoms with Gasteiger partial charge >= 0.3 is 17.9 Å². The van der Waals surface area contributed by atoms with Crippen molar-refractivity contribution in [2.45, 2.75) is 198 Å². The summed E-state index contributed by atoms with van der Waals surface area (Å²) in [5.41, 5.74) is 5.61. The van der Waals surface area contributed by atoms with Crippen LogP contribution in [0.2, 0.25) is 0 Å². The van der Waals surface area contributed by atoms with Gasteiger partial charge in [-0.15, -0.1) is 0 Å². The van der Waals surface area contributed by atoms with E-state index in [9.17, 15) is 122 Å². The Bertz CT molecular complexity index is 4840. The van der Waals surface area contributed by atoms with Gasteiger partial charge in [-0.05, 0) is 123 Å². The van der Waals surface area contributed by atoms with E-state index in [4.69, 9.17) is 10.2 Å². The molecule has 15 amide bonds. The summed E-state index contributed by atoms with van der Waals surface area (Å²) in [6.45, 7) is 10.2. The van der Waals surface area contributed by atoms with E-state index in [1.54, 1.807) is 0 Å². The largest absolute Gasteiger partial charge is 0.508 e. The van der Waals surface area contributed by atoms with Crippen molar-refractivity contribution in [1.82, 2.24) is 94.4 Å². The number of aromatic nitrogens is 4. The van der Waals surface area contributed by atoms with E-state index in [0.29, 0.717) is 10.9 Å². The number of unbranched alkanes of at least 4 members (excludes halogenated alkanes) is 1. The molecule has 0 spiro atoms. The third-order valence-electron chi connectivity index (χ3n) is 18.2. The molecule has 1 aliphatic carbocycles. The fraction of sp³-hybridized carbons (Fsp3) is 0.427. The maximum atomic E-state index is 14.3. The minimum absolute atomic E-state index is 0.00543. The van der Waals surface area contributed by atoms with Crippen molar-refractivity contribution >= 4 is 117 Å². The quantitative estimate of drug-likeness (QED) is 0.0125. The van der Waals surface area contributed by atoms with Crippen LogP contribution in [0.5, 0.6) is 5.75 Å². The molecule has 2 aliphatic rings. The fourth-order valence-electron chi connectivity index (χ4n) is 11.7. The first-order valence-corrected chi connectivity index (χ1v) is 37.2. The number of carboxylic acid groups (broad SMARTS) is 3. The van der Waals surface area contributed by atoms with Crippen LogP contribution in [0, 0.1) is 0 Å². The van der Waals surface area contributed by atoms with Crippen molar-refractivity contribution in [3.8, 4) is 28.2 Å². The predicted octanol–water partition coefficient (Wildman–Crippen LogP) is -5.56. The zero-order valence-corrected chi connectivity index (χ0v) is 66.1. The number of aliphatic hydroxyl groups is 2. The normalized spacial score (nSPS) is 14.9. The molecule has 0 bridgehead atoms. The van der Waals surface area contributed by atoms with Gasteiger partial charge in [0.25, 0.3) is 5.91 Å². The number of benzene rings is 3. The number of aliphatic carboxylic acids is 2. The van der Waals surface area contributed by atoms with Crippen LogP contribution in [0.25, 0.3) is 33.4 Å². The number of phenols is 1. The van der Waals surface area contributed by atoms with Gasteiger partial charge in [0.1, 0.15) is 95.6 Å². The number of aliphatic hydroxyl groups excluding tert-OH is 2. The summed E-state index contributed by atoms with van der Waals surface area (Å²) in [4.78, 5) is 264. The lowest BCUT2D eigenvalue weighted by atomic mass is 9.89. The molecule has 1 aliphatic heterocycles. The number of imidazole rings is 2. The maximum absolute atomic E-state index is 14.3. The molecule has 45 nitrogen and oxygen atoms in total. The smallest absolute Gasteiger partial charge is 0.336 e. The number of carbonyl (C=O) groups excluding carboxylic acids is 15. The van der Waals surface area contributed by atoms with Gasteiger partial charge < -0.3 is 125 Å². The molecule has 15 atom stereocenters. The first-order chi connectivity index (χ1) is 56.4. The van der Waals surface area contributed by atoms with Crippen LogP contribution in [0.3, 0.4) is 0 Å². The molecule has 2 aromatic carbocycles. The van der Waals surface area contributed by atoms with Crippen LogP contribution < -0.4 is 85.6 Å². The number of amides is 15. The lowest BCUT2D eigenvalue weighted by molar-refractivity contribution is -0.142. The molecule has 0 saturated heterocycles. The van der Waals surface area contributed by atoms with Crippen molar-refractivity contribution in [1.29, 1.82) is 0 Å². The highest BCUT2D eigenvalue weighted by Crippen LogP contribution is 2.42. The number of aromatic carboxylic acids is 1. The molecular formula is C75H95N19O26. The molecule has 0 saturated carbocycles. The van der Waals surface area contributed by atoms with E-state index in [1.807, 2.05) is 0 Å². The maximum Gasteiger partial charge on any atom is 0.336 e. The van der Waals surface area contributed by atoms with Crippen molar-refractivity contribution < 1.29 is 121 Å². The summed E-state index contributed by atoms with van der Waals surface area (Å²) in [5, 5.41) is 93.6. The second-order valence-electron chi connectivity index (χ2n) is 28.1. The summed E-state index contributed by atoms with van der Waals surface area (Å²) in [7, 11) is 0. The van der Waals surface area contributed by atoms with Crippen LogP contribution in [0.1, 0.15) is 127 Å². The predicted molar refractivity (Wildman–Crippen MR) is 416 cm³/mol. The van der Waals surface area contributed by atoms with Gasteiger partial charge in [-0.1, -0.05) is 0 Å². The van der Waals surface area contributed by atoms with E-state index in [0.717, 1.165) is 27.7 Å². The van der Waals surface area contributed by atoms with E-state index in [1.165, 1.54) is 114 Å². The molecule has 0 fully saturated rings. The number of H-pyrrole nitrogens is 2. The number of hydrogen-bond donors (Lipinski definition) is 23. The van der Waals surface area contributed by atoms with E-state index < -0.39 is 216 Å². The van der Waals surface area contributed by atoms with Gasteiger partial charge in [0.2, 0.25) is 82.7 Å². The fourth-order valence-corrected chi connectivity index (χ4v) is 11.7. The number of primary amides is 1. The van der Waals surface area contributed by atoms with Gasteiger partial charge in [0.15, 0.2) is 5.43 Å². The summed E-state index contributed by atoms with van der Waals surface area (Å²) < 4.78 is 5.92. The summed E-state index contributed by atoms with van der Waals surface area (Å²) in [5.74, 6) is -20.2. The number of nitrogens with one attached hydrogen (secondary N) is 16. The number of rotatable bonds is 44.